The molecular weight excluding hydrogens is 230 g/mol. The van der Waals surface area contributed by atoms with Gasteiger partial charge in [0.15, 0.2) is 0 Å². The SMILES string of the molecule is CC(C)(CO)CNc1cc2c(cc1N)C(=O)NC2. The number of amides is 1. The molecule has 1 aromatic rings. The zero-order valence-corrected chi connectivity index (χ0v) is 10.7. The number of rotatable bonds is 4. The zero-order chi connectivity index (χ0) is 13.3. The Balaban J connectivity index is 2.18. The fourth-order valence-electron chi connectivity index (χ4n) is 1.83. The van der Waals surface area contributed by atoms with Crippen LogP contribution in [0.25, 0.3) is 0 Å². The van der Waals surface area contributed by atoms with Gasteiger partial charge >= 0.3 is 0 Å². The van der Waals surface area contributed by atoms with E-state index in [0.717, 1.165) is 11.3 Å². The van der Waals surface area contributed by atoms with Crippen LogP contribution in [0.1, 0.15) is 29.8 Å². The Bertz CT molecular complexity index is 483. The second kappa shape index (κ2) is 4.49. The lowest BCUT2D eigenvalue weighted by molar-refractivity contribution is 0.0966. The molecule has 0 saturated heterocycles. The van der Waals surface area contributed by atoms with Crippen molar-refractivity contribution in [2.75, 3.05) is 24.2 Å². The number of aliphatic hydroxyl groups excluding tert-OH is 1. The molecular formula is C13H19N3O2. The van der Waals surface area contributed by atoms with E-state index in [1.807, 2.05) is 19.9 Å². The summed E-state index contributed by atoms with van der Waals surface area (Å²) in [5.74, 6) is -0.0704. The Labute approximate surface area is 106 Å². The van der Waals surface area contributed by atoms with Crippen molar-refractivity contribution in [3.8, 4) is 0 Å². The van der Waals surface area contributed by atoms with Gasteiger partial charge in [-0.1, -0.05) is 13.8 Å². The third-order valence-corrected chi connectivity index (χ3v) is 3.14. The fraction of sp³-hybridized carbons (Fsp3) is 0.462. The van der Waals surface area contributed by atoms with Gasteiger partial charge in [-0.15, -0.1) is 0 Å². The number of anilines is 2. The van der Waals surface area contributed by atoms with Crippen LogP contribution in [0.4, 0.5) is 11.4 Å². The Morgan fingerprint density at radius 2 is 2.22 bits per heavy atom. The maximum absolute atomic E-state index is 11.5. The first-order valence-corrected chi connectivity index (χ1v) is 5.98. The third-order valence-electron chi connectivity index (χ3n) is 3.14. The van der Waals surface area contributed by atoms with Crippen molar-refractivity contribution in [2.45, 2.75) is 20.4 Å². The van der Waals surface area contributed by atoms with Gasteiger partial charge in [0.2, 0.25) is 0 Å². The molecule has 5 heteroatoms. The number of fused-ring (bicyclic) bond motifs is 1. The first-order valence-electron chi connectivity index (χ1n) is 5.98. The molecule has 98 valence electrons. The highest BCUT2D eigenvalue weighted by Crippen LogP contribution is 2.27. The van der Waals surface area contributed by atoms with E-state index in [1.54, 1.807) is 6.07 Å². The summed E-state index contributed by atoms with van der Waals surface area (Å²) in [6.07, 6.45) is 0. The van der Waals surface area contributed by atoms with E-state index in [1.165, 1.54) is 0 Å². The standard InChI is InChI=1S/C13H19N3O2/c1-13(2,7-17)6-16-11-3-8-5-15-12(18)9(8)4-10(11)14/h3-4,16-17H,5-7,14H2,1-2H3,(H,15,18). The zero-order valence-electron chi connectivity index (χ0n) is 10.7. The molecule has 2 rings (SSSR count). The van der Waals surface area contributed by atoms with Crippen LogP contribution >= 0.6 is 0 Å². The molecule has 1 aliphatic heterocycles. The molecule has 5 N–H and O–H groups in total. The van der Waals surface area contributed by atoms with Crippen molar-refractivity contribution in [2.24, 2.45) is 5.41 Å². The van der Waals surface area contributed by atoms with E-state index in [4.69, 9.17) is 5.73 Å². The van der Waals surface area contributed by atoms with E-state index in [2.05, 4.69) is 10.6 Å². The van der Waals surface area contributed by atoms with E-state index < -0.39 is 0 Å². The molecule has 0 fully saturated rings. The van der Waals surface area contributed by atoms with E-state index in [0.29, 0.717) is 24.3 Å². The van der Waals surface area contributed by atoms with Crippen LogP contribution in [-0.2, 0) is 6.54 Å². The van der Waals surface area contributed by atoms with Crippen molar-refractivity contribution in [1.29, 1.82) is 0 Å². The molecule has 0 saturated carbocycles. The maximum Gasteiger partial charge on any atom is 0.251 e. The van der Waals surface area contributed by atoms with Crippen LogP contribution in [-0.4, -0.2) is 24.2 Å². The van der Waals surface area contributed by atoms with Gasteiger partial charge in [-0.25, -0.2) is 0 Å². The minimum atomic E-state index is -0.209. The van der Waals surface area contributed by atoms with Crippen molar-refractivity contribution in [3.05, 3.63) is 23.3 Å². The number of aliphatic hydroxyl groups is 1. The highest BCUT2D eigenvalue weighted by Gasteiger charge is 2.21. The van der Waals surface area contributed by atoms with Crippen molar-refractivity contribution in [1.82, 2.24) is 5.32 Å². The van der Waals surface area contributed by atoms with Crippen LogP contribution in [0.2, 0.25) is 0 Å². The van der Waals surface area contributed by atoms with Gasteiger partial charge in [0, 0.05) is 30.7 Å². The molecule has 5 nitrogen and oxygen atoms in total. The summed E-state index contributed by atoms with van der Waals surface area (Å²) < 4.78 is 0. The molecule has 0 radical (unpaired) electrons. The molecule has 0 aromatic heterocycles. The smallest absolute Gasteiger partial charge is 0.251 e. The Morgan fingerprint density at radius 3 is 2.89 bits per heavy atom. The van der Waals surface area contributed by atoms with Gasteiger partial charge in [0.25, 0.3) is 5.91 Å². The molecule has 0 atom stereocenters. The molecule has 0 spiro atoms. The molecule has 0 aliphatic carbocycles. The molecule has 18 heavy (non-hydrogen) atoms. The minimum Gasteiger partial charge on any atom is -0.397 e. The van der Waals surface area contributed by atoms with Crippen LogP contribution in [0.3, 0.4) is 0 Å². The quantitative estimate of drug-likeness (QED) is 0.598. The van der Waals surface area contributed by atoms with E-state index >= 15 is 0 Å². The summed E-state index contributed by atoms with van der Waals surface area (Å²) in [5.41, 5.74) is 8.69. The number of hydrogen-bond donors (Lipinski definition) is 4. The summed E-state index contributed by atoms with van der Waals surface area (Å²) in [7, 11) is 0. The summed E-state index contributed by atoms with van der Waals surface area (Å²) in [4.78, 5) is 11.5. The number of carbonyl (C=O) groups excluding carboxylic acids is 1. The average molecular weight is 249 g/mol. The Morgan fingerprint density at radius 1 is 1.50 bits per heavy atom. The third kappa shape index (κ3) is 2.41. The number of benzene rings is 1. The topological polar surface area (TPSA) is 87.4 Å². The van der Waals surface area contributed by atoms with Crippen LogP contribution < -0.4 is 16.4 Å². The molecule has 1 aliphatic rings. The Kier molecular flexibility index (Phi) is 3.17. The normalized spacial score (nSPS) is 14.3. The second-order valence-electron chi connectivity index (χ2n) is 5.46. The summed E-state index contributed by atoms with van der Waals surface area (Å²) in [6, 6.07) is 3.60. The Hall–Kier alpha value is -1.75. The molecule has 1 aromatic carbocycles. The maximum atomic E-state index is 11.5. The number of carbonyl (C=O) groups is 1. The van der Waals surface area contributed by atoms with Gasteiger partial charge in [-0.05, 0) is 17.7 Å². The largest absolute Gasteiger partial charge is 0.397 e. The fourth-order valence-corrected chi connectivity index (χ4v) is 1.83. The monoisotopic (exact) mass is 249 g/mol. The van der Waals surface area contributed by atoms with Gasteiger partial charge in [0.1, 0.15) is 0 Å². The molecule has 0 unspecified atom stereocenters. The predicted octanol–water partition coefficient (Wildman–Crippen LogP) is 0.943. The number of nitrogens with two attached hydrogens (primary N) is 1. The van der Waals surface area contributed by atoms with Gasteiger partial charge in [-0.3, -0.25) is 4.79 Å². The molecule has 0 bridgehead atoms. The lowest BCUT2D eigenvalue weighted by atomic mass is 9.94. The number of nitrogens with one attached hydrogen (secondary N) is 2. The van der Waals surface area contributed by atoms with E-state index in [9.17, 15) is 9.90 Å². The van der Waals surface area contributed by atoms with Crippen molar-refractivity contribution >= 4 is 17.3 Å². The van der Waals surface area contributed by atoms with E-state index in [-0.39, 0.29) is 17.9 Å². The van der Waals surface area contributed by atoms with Crippen molar-refractivity contribution in [3.63, 3.8) is 0 Å². The second-order valence-corrected chi connectivity index (χ2v) is 5.46. The highest BCUT2D eigenvalue weighted by molar-refractivity contribution is 6.00. The predicted molar refractivity (Wildman–Crippen MR) is 71.4 cm³/mol. The molecule has 1 amide bonds. The lowest BCUT2D eigenvalue weighted by Crippen LogP contribution is -2.27. The first-order chi connectivity index (χ1) is 8.43. The summed E-state index contributed by atoms with van der Waals surface area (Å²) in [6.45, 7) is 5.20. The number of hydrogen-bond acceptors (Lipinski definition) is 4. The summed E-state index contributed by atoms with van der Waals surface area (Å²) in [5, 5.41) is 15.2. The minimum absolute atomic E-state index is 0.0704. The van der Waals surface area contributed by atoms with Gasteiger partial charge < -0.3 is 21.5 Å². The summed E-state index contributed by atoms with van der Waals surface area (Å²) >= 11 is 0. The average Bonchev–Trinajstić information content (AvgIpc) is 2.68. The van der Waals surface area contributed by atoms with Crippen LogP contribution in [0.15, 0.2) is 12.1 Å². The van der Waals surface area contributed by atoms with Crippen LogP contribution in [0.5, 0.6) is 0 Å². The lowest BCUT2D eigenvalue weighted by Gasteiger charge is -2.23. The first kappa shape index (κ1) is 12.7. The van der Waals surface area contributed by atoms with Gasteiger partial charge in [-0.2, -0.15) is 0 Å². The molecule has 1 heterocycles. The highest BCUT2D eigenvalue weighted by atomic mass is 16.3. The van der Waals surface area contributed by atoms with Crippen molar-refractivity contribution < 1.29 is 9.90 Å². The number of nitrogen functional groups attached to an aromatic ring is 1. The van der Waals surface area contributed by atoms with Crippen LogP contribution in [0, 0.1) is 5.41 Å². The van der Waals surface area contributed by atoms with Gasteiger partial charge in [0.05, 0.1) is 11.4 Å².